The highest BCUT2D eigenvalue weighted by Gasteiger charge is 2.07. The largest absolute Gasteiger partial charge is 0.491 e. The Morgan fingerprint density at radius 2 is 2.12 bits per heavy atom. The molecule has 3 rings (SSSR count). The van der Waals surface area contributed by atoms with Crippen molar-refractivity contribution in [1.29, 1.82) is 0 Å². The predicted molar refractivity (Wildman–Crippen MR) is 101 cm³/mol. The molecule has 25 heavy (non-hydrogen) atoms. The highest BCUT2D eigenvalue weighted by molar-refractivity contribution is 7.13. The lowest BCUT2D eigenvalue weighted by Crippen LogP contribution is -2.22. The summed E-state index contributed by atoms with van der Waals surface area (Å²) in [6.07, 6.45) is 1.75. The standard InChI is InChI=1S/C18H20N4O2S/c1-12(2)24-15-7-5-13(6-8-15)22-18(19)20-10-14-11-23-17(21-14)16-4-3-9-25-16/h3-9,11-12H,10H2,1-2H3,(H3,19,20,22). The van der Waals surface area contributed by atoms with E-state index in [1.54, 1.807) is 17.6 Å². The van der Waals surface area contributed by atoms with Crippen molar-refractivity contribution in [3.63, 3.8) is 0 Å². The summed E-state index contributed by atoms with van der Waals surface area (Å²) in [4.78, 5) is 9.69. The number of benzene rings is 1. The number of rotatable bonds is 6. The highest BCUT2D eigenvalue weighted by Crippen LogP contribution is 2.23. The lowest BCUT2D eigenvalue weighted by Gasteiger charge is -2.10. The highest BCUT2D eigenvalue weighted by atomic mass is 32.1. The van der Waals surface area contributed by atoms with Gasteiger partial charge in [-0.05, 0) is 49.6 Å². The fourth-order valence-electron chi connectivity index (χ4n) is 2.14. The average molecular weight is 356 g/mol. The maximum Gasteiger partial charge on any atom is 0.236 e. The van der Waals surface area contributed by atoms with Crippen LogP contribution in [-0.4, -0.2) is 17.0 Å². The quantitative estimate of drug-likeness (QED) is 0.513. The summed E-state index contributed by atoms with van der Waals surface area (Å²) in [5.74, 6) is 1.74. The van der Waals surface area contributed by atoms with E-state index in [0.29, 0.717) is 18.4 Å². The molecule has 1 aromatic carbocycles. The number of anilines is 1. The zero-order valence-electron chi connectivity index (χ0n) is 14.1. The molecule has 0 aliphatic rings. The van der Waals surface area contributed by atoms with Crippen LogP contribution in [0.1, 0.15) is 19.5 Å². The molecule has 0 aliphatic heterocycles. The molecule has 3 aromatic rings. The molecule has 0 atom stereocenters. The zero-order valence-corrected chi connectivity index (χ0v) is 14.9. The van der Waals surface area contributed by atoms with E-state index < -0.39 is 0 Å². The minimum absolute atomic E-state index is 0.145. The molecule has 0 unspecified atom stereocenters. The van der Waals surface area contributed by atoms with Gasteiger partial charge in [-0.3, -0.25) is 0 Å². The molecule has 0 saturated heterocycles. The third kappa shape index (κ3) is 4.84. The van der Waals surface area contributed by atoms with Crippen molar-refractivity contribution in [2.45, 2.75) is 26.5 Å². The van der Waals surface area contributed by atoms with Crippen LogP contribution in [0, 0.1) is 0 Å². The topological polar surface area (TPSA) is 85.7 Å². The van der Waals surface area contributed by atoms with E-state index >= 15 is 0 Å². The molecule has 0 bridgehead atoms. The number of nitrogens with one attached hydrogen (secondary N) is 1. The van der Waals surface area contributed by atoms with Crippen LogP contribution < -0.4 is 15.8 Å². The van der Waals surface area contributed by atoms with Crippen molar-refractivity contribution in [2.24, 2.45) is 10.7 Å². The molecule has 130 valence electrons. The normalized spacial score (nSPS) is 11.7. The maximum atomic E-state index is 5.93. The van der Waals surface area contributed by atoms with Crippen LogP contribution in [0.2, 0.25) is 0 Å². The van der Waals surface area contributed by atoms with Gasteiger partial charge in [0, 0.05) is 5.69 Å². The average Bonchev–Trinajstić information content (AvgIpc) is 3.25. The molecular weight excluding hydrogens is 336 g/mol. The van der Waals surface area contributed by atoms with E-state index in [1.807, 2.05) is 55.6 Å². The molecule has 2 heterocycles. The summed E-state index contributed by atoms with van der Waals surface area (Å²) in [7, 11) is 0. The van der Waals surface area contributed by atoms with E-state index in [9.17, 15) is 0 Å². The first-order valence-corrected chi connectivity index (χ1v) is 8.80. The van der Waals surface area contributed by atoms with E-state index in [4.69, 9.17) is 14.9 Å². The third-order valence-electron chi connectivity index (χ3n) is 3.19. The molecule has 3 N–H and O–H groups in total. The lowest BCUT2D eigenvalue weighted by atomic mass is 10.3. The number of hydrogen-bond donors (Lipinski definition) is 2. The Morgan fingerprint density at radius 1 is 1.32 bits per heavy atom. The number of aromatic nitrogens is 1. The van der Waals surface area contributed by atoms with E-state index in [-0.39, 0.29) is 6.10 Å². The second-order valence-corrected chi connectivity index (χ2v) is 6.59. The number of ether oxygens (including phenoxy) is 1. The second kappa shape index (κ2) is 7.85. The van der Waals surface area contributed by atoms with Gasteiger partial charge in [-0.15, -0.1) is 11.3 Å². The van der Waals surface area contributed by atoms with Crippen molar-refractivity contribution >= 4 is 23.0 Å². The smallest absolute Gasteiger partial charge is 0.236 e. The van der Waals surface area contributed by atoms with Crippen molar-refractivity contribution in [2.75, 3.05) is 5.32 Å². The van der Waals surface area contributed by atoms with E-state index in [0.717, 1.165) is 22.0 Å². The van der Waals surface area contributed by atoms with Gasteiger partial charge in [-0.2, -0.15) is 0 Å². The minimum atomic E-state index is 0.145. The first kappa shape index (κ1) is 17.0. The first-order valence-electron chi connectivity index (χ1n) is 7.92. The van der Waals surface area contributed by atoms with Crippen LogP contribution in [0.5, 0.6) is 5.75 Å². The van der Waals surface area contributed by atoms with Crippen molar-refractivity contribution < 1.29 is 9.15 Å². The number of hydrogen-bond acceptors (Lipinski definition) is 5. The van der Waals surface area contributed by atoms with Gasteiger partial charge in [0.25, 0.3) is 0 Å². The van der Waals surface area contributed by atoms with Crippen LogP contribution in [-0.2, 0) is 6.54 Å². The third-order valence-corrected chi connectivity index (χ3v) is 4.05. The Labute approximate surface area is 150 Å². The Kier molecular flexibility index (Phi) is 5.35. The Bertz CT molecular complexity index is 823. The summed E-state index contributed by atoms with van der Waals surface area (Å²) in [6, 6.07) is 11.5. The maximum absolute atomic E-state index is 5.93. The molecule has 2 aromatic heterocycles. The molecule has 0 amide bonds. The number of nitrogens with two attached hydrogens (primary N) is 1. The Morgan fingerprint density at radius 3 is 2.80 bits per heavy atom. The second-order valence-electron chi connectivity index (χ2n) is 5.64. The van der Waals surface area contributed by atoms with Gasteiger partial charge in [0.05, 0.1) is 17.5 Å². The SMILES string of the molecule is CC(C)Oc1ccc(NC(N)=NCc2coc(-c3cccs3)n2)cc1. The van der Waals surface area contributed by atoms with Gasteiger partial charge in [0.15, 0.2) is 5.96 Å². The summed E-state index contributed by atoms with van der Waals surface area (Å²) in [6.45, 7) is 4.33. The van der Waals surface area contributed by atoms with Gasteiger partial charge < -0.3 is 20.2 Å². The lowest BCUT2D eigenvalue weighted by molar-refractivity contribution is 0.242. The van der Waals surface area contributed by atoms with Gasteiger partial charge in [-0.1, -0.05) is 6.07 Å². The molecule has 0 radical (unpaired) electrons. The monoisotopic (exact) mass is 356 g/mol. The molecule has 0 aliphatic carbocycles. The van der Waals surface area contributed by atoms with Crippen molar-refractivity contribution in [1.82, 2.24) is 4.98 Å². The predicted octanol–water partition coefficient (Wildman–Crippen LogP) is 4.12. The van der Waals surface area contributed by atoms with Gasteiger partial charge in [-0.25, -0.2) is 9.98 Å². The van der Waals surface area contributed by atoms with E-state index in [1.165, 1.54) is 0 Å². The molecule has 6 nitrogen and oxygen atoms in total. The van der Waals surface area contributed by atoms with Crippen LogP contribution in [0.4, 0.5) is 5.69 Å². The van der Waals surface area contributed by atoms with Crippen LogP contribution in [0.3, 0.4) is 0 Å². The summed E-state index contributed by atoms with van der Waals surface area (Å²) in [5, 5.41) is 5.03. The number of guanidine groups is 1. The number of oxazole rings is 1. The fourth-order valence-corrected chi connectivity index (χ4v) is 2.79. The molecule has 0 fully saturated rings. The summed E-state index contributed by atoms with van der Waals surface area (Å²) >= 11 is 1.58. The van der Waals surface area contributed by atoms with Gasteiger partial charge in [0.1, 0.15) is 17.7 Å². The van der Waals surface area contributed by atoms with Crippen LogP contribution >= 0.6 is 11.3 Å². The van der Waals surface area contributed by atoms with Gasteiger partial charge >= 0.3 is 0 Å². The first-order chi connectivity index (χ1) is 12.1. The van der Waals surface area contributed by atoms with Crippen molar-refractivity contribution in [3.05, 3.63) is 53.7 Å². The Balaban J connectivity index is 1.57. The zero-order chi connectivity index (χ0) is 17.6. The summed E-state index contributed by atoms with van der Waals surface area (Å²) < 4.78 is 11.1. The number of aliphatic imine (C=N–C) groups is 1. The minimum Gasteiger partial charge on any atom is -0.491 e. The van der Waals surface area contributed by atoms with Crippen LogP contribution in [0.15, 0.2) is 57.5 Å². The van der Waals surface area contributed by atoms with Gasteiger partial charge in [0.2, 0.25) is 5.89 Å². The summed E-state index contributed by atoms with van der Waals surface area (Å²) in [5.41, 5.74) is 7.50. The number of nitrogens with zero attached hydrogens (tertiary/aromatic N) is 2. The Hall–Kier alpha value is -2.80. The number of thiophene rings is 1. The molecule has 7 heteroatoms. The molecule has 0 spiro atoms. The van der Waals surface area contributed by atoms with E-state index in [2.05, 4.69) is 15.3 Å². The molecule has 0 saturated carbocycles. The van der Waals surface area contributed by atoms with Crippen molar-refractivity contribution in [3.8, 4) is 16.5 Å². The van der Waals surface area contributed by atoms with Crippen LogP contribution in [0.25, 0.3) is 10.8 Å². The fraction of sp³-hybridized carbons (Fsp3) is 0.222. The molecular formula is C18H20N4O2S.